The van der Waals surface area contributed by atoms with Crippen LogP contribution in [-0.2, 0) is 14.3 Å². The van der Waals surface area contributed by atoms with Crippen molar-refractivity contribution >= 4 is 11.9 Å². The monoisotopic (exact) mass is 259 g/mol. The molecule has 0 aliphatic heterocycles. The molecule has 0 aliphatic carbocycles. The first-order valence-electron chi connectivity index (χ1n) is 4.54. The molecule has 17 heavy (non-hydrogen) atoms. The summed E-state index contributed by atoms with van der Waals surface area (Å²) in [6, 6.07) is -1.35. The number of aliphatic hydroxyl groups excluding tert-OH is 1. The minimum absolute atomic E-state index is 0.236. The molecule has 0 saturated carbocycles. The Kier molecular flexibility index (Phi) is 6.51. The van der Waals surface area contributed by atoms with Gasteiger partial charge in [0.05, 0.1) is 0 Å². The third-order valence-electron chi connectivity index (χ3n) is 1.55. The zero-order valence-electron chi connectivity index (χ0n) is 8.66. The lowest BCUT2D eigenvalue weighted by Gasteiger charge is -2.13. The van der Waals surface area contributed by atoms with Crippen molar-refractivity contribution in [3.8, 4) is 0 Å². The summed E-state index contributed by atoms with van der Waals surface area (Å²) in [5.41, 5.74) is 0. The van der Waals surface area contributed by atoms with E-state index in [9.17, 15) is 22.8 Å². The van der Waals surface area contributed by atoms with E-state index in [-0.39, 0.29) is 6.42 Å². The predicted molar refractivity (Wildman–Crippen MR) is 48.1 cm³/mol. The number of hydrogen-bond acceptors (Lipinski definition) is 4. The number of carboxylic acid groups (broad SMARTS) is 1. The summed E-state index contributed by atoms with van der Waals surface area (Å²) in [7, 11) is 0. The molecule has 0 heterocycles. The van der Waals surface area contributed by atoms with Crippen molar-refractivity contribution in [1.82, 2.24) is 5.32 Å². The normalized spacial score (nSPS) is 13.2. The van der Waals surface area contributed by atoms with Gasteiger partial charge in [-0.1, -0.05) is 0 Å². The van der Waals surface area contributed by atoms with Crippen LogP contribution >= 0.6 is 0 Å². The molecule has 3 N–H and O–H groups in total. The summed E-state index contributed by atoms with van der Waals surface area (Å²) in [6.07, 6.45) is -4.78. The molecule has 0 bridgehead atoms. The van der Waals surface area contributed by atoms with Crippen LogP contribution in [0.15, 0.2) is 0 Å². The molecule has 1 atom stereocenters. The van der Waals surface area contributed by atoms with E-state index in [2.05, 4.69) is 4.74 Å². The van der Waals surface area contributed by atoms with Crippen molar-refractivity contribution in [2.75, 3.05) is 19.8 Å². The molecule has 0 spiro atoms. The minimum atomic E-state index is -4.54. The van der Waals surface area contributed by atoms with Gasteiger partial charge in [0, 0.05) is 13.0 Å². The molecule has 100 valence electrons. The van der Waals surface area contributed by atoms with Gasteiger partial charge in [0.25, 0.3) is 0 Å². The van der Waals surface area contributed by atoms with Crippen LogP contribution in [0.2, 0.25) is 0 Å². The quantitative estimate of drug-likeness (QED) is 0.573. The Morgan fingerprint density at radius 2 is 1.94 bits per heavy atom. The summed E-state index contributed by atoms with van der Waals surface area (Å²) in [4.78, 5) is 21.5. The second-order valence-corrected chi connectivity index (χ2v) is 3.08. The zero-order chi connectivity index (χ0) is 13.5. The average molecular weight is 259 g/mol. The van der Waals surface area contributed by atoms with Crippen LogP contribution in [0.5, 0.6) is 0 Å². The Bertz CT molecular complexity index is 268. The number of rotatable bonds is 7. The number of alkyl halides is 3. The molecule has 1 amide bonds. The largest absolute Gasteiger partial charge is 0.480 e. The lowest BCUT2D eigenvalue weighted by molar-refractivity contribution is -0.176. The van der Waals surface area contributed by atoms with Crippen LogP contribution in [0.25, 0.3) is 0 Å². The van der Waals surface area contributed by atoms with Gasteiger partial charge in [-0.05, 0) is 0 Å². The van der Waals surface area contributed by atoms with E-state index >= 15 is 0 Å². The highest BCUT2D eigenvalue weighted by atomic mass is 19.4. The first-order chi connectivity index (χ1) is 7.76. The Labute approximate surface area is 94.4 Å². The average Bonchev–Trinajstić information content (AvgIpc) is 2.14. The van der Waals surface area contributed by atoms with Gasteiger partial charge in [-0.2, -0.15) is 13.2 Å². The van der Waals surface area contributed by atoms with Crippen LogP contribution in [0.4, 0.5) is 13.2 Å². The summed E-state index contributed by atoms with van der Waals surface area (Å²) in [5.74, 6) is -2.38. The van der Waals surface area contributed by atoms with Crippen LogP contribution < -0.4 is 5.32 Å². The maximum atomic E-state index is 11.6. The predicted octanol–water partition coefficient (Wildman–Crippen LogP) is -0.483. The van der Waals surface area contributed by atoms with E-state index in [1.165, 1.54) is 0 Å². The lowest BCUT2D eigenvalue weighted by atomic mass is 10.2. The number of aliphatic hydroxyl groups is 1. The zero-order valence-corrected chi connectivity index (χ0v) is 8.66. The van der Waals surface area contributed by atoms with Gasteiger partial charge < -0.3 is 20.3 Å². The number of ether oxygens (including phenoxy) is 1. The summed E-state index contributed by atoms with van der Waals surface area (Å²) < 4.78 is 38.9. The smallest absolute Gasteiger partial charge is 0.411 e. The molecule has 1 unspecified atom stereocenters. The van der Waals surface area contributed by atoms with Gasteiger partial charge in [-0.25, -0.2) is 4.79 Å². The SMILES string of the molecule is O=C(COCC(F)(F)F)NC(CCO)C(=O)O. The molecule has 0 aromatic rings. The van der Waals surface area contributed by atoms with Crippen molar-refractivity contribution in [2.45, 2.75) is 18.6 Å². The Morgan fingerprint density at radius 3 is 2.35 bits per heavy atom. The van der Waals surface area contributed by atoms with Crippen molar-refractivity contribution in [3.05, 3.63) is 0 Å². The Hall–Kier alpha value is -1.35. The van der Waals surface area contributed by atoms with E-state index in [1.807, 2.05) is 5.32 Å². The molecular formula is C8H12F3NO5. The maximum absolute atomic E-state index is 11.6. The van der Waals surface area contributed by atoms with Gasteiger partial charge >= 0.3 is 12.1 Å². The number of carbonyl (C=O) groups excluding carboxylic acids is 1. The van der Waals surface area contributed by atoms with Gasteiger partial charge in [0.15, 0.2) is 0 Å². The number of aliphatic carboxylic acids is 1. The number of amides is 1. The third kappa shape index (κ3) is 8.46. The molecule has 9 heteroatoms. The van der Waals surface area contributed by atoms with Crippen molar-refractivity contribution in [3.63, 3.8) is 0 Å². The van der Waals surface area contributed by atoms with E-state index in [0.29, 0.717) is 0 Å². The van der Waals surface area contributed by atoms with Crippen molar-refractivity contribution in [1.29, 1.82) is 0 Å². The van der Waals surface area contributed by atoms with Crippen molar-refractivity contribution in [2.24, 2.45) is 0 Å². The fourth-order valence-corrected chi connectivity index (χ4v) is 0.882. The third-order valence-corrected chi connectivity index (χ3v) is 1.55. The maximum Gasteiger partial charge on any atom is 0.411 e. The van der Waals surface area contributed by atoms with E-state index in [0.717, 1.165) is 0 Å². The van der Waals surface area contributed by atoms with Crippen LogP contribution in [-0.4, -0.2) is 54.1 Å². The molecular weight excluding hydrogens is 247 g/mol. The number of carboxylic acids is 1. The van der Waals surface area contributed by atoms with Crippen LogP contribution in [0, 0.1) is 0 Å². The standard InChI is InChI=1S/C8H12F3NO5/c9-8(10,11)4-17-3-6(14)12-5(1-2-13)7(15)16/h5,13H,1-4H2,(H,12,14)(H,15,16). The fourth-order valence-electron chi connectivity index (χ4n) is 0.882. The van der Waals surface area contributed by atoms with Gasteiger partial charge in [0.1, 0.15) is 19.3 Å². The number of halogens is 3. The van der Waals surface area contributed by atoms with Crippen LogP contribution in [0.3, 0.4) is 0 Å². The van der Waals surface area contributed by atoms with Crippen molar-refractivity contribution < 1.29 is 37.7 Å². The molecule has 0 fully saturated rings. The molecule has 6 nitrogen and oxygen atoms in total. The summed E-state index contributed by atoms with van der Waals surface area (Å²) >= 11 is 0. The topological polar surface area (TPSA) is 95.9 Å². The molecule has 0 saturated heterocycles. The van der Waals surface area contributed by atoms with Gasteiger partial charge in [-0.3, -0.25) is 4.79 Å². The van der Waals surface area contributed by atoms with Gasteiger partial charge in [0.2, 0.25) is 5.91 Å². The highest BCUT2D eigenvalue weighted by Gasteiger charge is 2.28. The van der Waals surface area contributed by atoms with E-state index in [4.69, 9.17) is 10.2 Å². The minimum Gasteiger partial charge on any atom is -0.480 e. The van der Waals surface area contributed by atoms with Gasteiger partial charge in [-0.15, -0.1) is 0 Å². The highest BCUT2D eigenvalue weighted by Crippen LogP contribution is 2.14. The summed E-state index contributed by atoms with van der Waals surface area (Å²) in [5, 5.41) is 19.0. The first-order valence-corrected chi connectivity index (χ1v) is 4.54. The number of hydrogen-bond donors (Lipinski definition) is 3. The summed E-state index contributed by atoms with van der Waals surface area (Å²) in [6.45, 7) is -2.95. The second kappa shape index (κ2) is 7.07. The Balaban J connectivity index is 3.95. The van der Waals surface area contributed by atoms with Crippen LogP contribution in [0.1, 0.15) is 6.42 Å². The molecule has 0 aliphatic rings. The van der Waals surface area contributed by atoms with E-state index in [1.54, 1.807) is 0 Å². The highest BCUT2D eigenvalue weighted by molar-refractivity contribution is 5.84. The number of nitrogens with one attached hydrogen (secondary N) is 1. The second-order valence-electron chi connectivity index (χ2n) is 3.08. The molecule has 0 radical (unpaired) electrons. The molecule has 0 rings (SSSR count). The van der Waals surface area contributed by atoms with E-state index < -0.39 is 43.9 Å². The molecule has 0 aromatic heterocycles. The molecule has 0 aromatic carbocycles. The lowest BCUT2D eigenvalue weighted by Crippen LogP contribution is -2.43. The number of carbonyl (C=O) groups is 2. The first kappa shape index (κ1) is 15.7. The Morgan fingerprint density at radius 1 is 1.35 bits per heavy atom. The fraction of sp³-hybridized carbons (Fsp3) is 0.750.